The van der Waals surface area contributed by atoms with Gasteiger partial charge in [-0.3, -0.25) is 0 Å². The number of hydrogen-bond donors (Lipinski definition) is 2. The highest BCUT2D eigenvalue weighted by atomic mass is 16.5. The molecule has 0 amide bonds. The Labute approximate surface area is 113 Å². The number of methoxy groups -OCH3 is 1. The Bertz CT molecular complexity index is 525. The van der Waals surface area contributed by atoms with Crippen LogP contribution < -0.4 is 10.6 Å². The quantitative estimate of drug-likeness (QED) is 0.800. The molecule has 0 aliphatic heterocycles. The van der Waals surface area contributed by atoms with Gasteiger partial charge in [0.1, 0.15) is 5.82 Å². The Morgan fingerprint density at radius 1 is 1.42 bits per heavy atom. The van der Waals surface area contributed by atoms with Gasteiger partial charge in [-0.1, -0.05) is 6.92 Å². The second-order valence-corrected chi connectivity index (χ2v) is 4.49. The highest BCUT2D eigenvalue weighted by Crippen LogP contribution is 2.16. The summed E-state index contributed by atoms with van der Waals surface area (Å²) in [6.45, 7) is 5.74. The first kappa shape index (κ1) is 13.6. The minimum Gasteiger partial charge on any atom is -0.380 e. The van der Waals surface area contributed by atoms with Gasteiger partial charge in [-0.15, -0.1) is 0 Å². The largest absolute Gasteiger partial charge is 0.380 e. The number of imidazole rings is 1. The first-order valence-electron chi connectivity index (χ1n) is 6.58. The van der Waals surface area contributed by atoms with E-state index in [4.69, 9.17) is 4.74 Å². The molecule has 0 aliphatic rings. The van der Waals surface area contributed by atoms with Gasteiger partial charge < -0.3 is 19.8 Å². The van der Waals surface area contributed by atoms with Crippen LogP contribution in [0.1, 0.15) is 20.3 Å². The number of nitrogens with zero attached hydrogens (tertiary/aromatic N) is 3. The van der Waals surface area contributed by atoms with Gasteiger partial charge in [0.2, 0.25) is 0 Å². The Hall–Kier alpha value is -1.82. The smallest absolute Gasteiger partial charge is 0.180 e. The molecule has 0 aliphatic carbocycles. The lowest BCUT2D eigenvalue weighted by Crippen LogP contribution is -2.19. The molecule has 2 aromatic heterocycles. The van der Waals surface area contributed by atoms with Gasteiger partial charge in [-0.2, -0.15) is 0 Å². The van der Waals surface area contributed by atoms with Crippen molar-refractivity contribution < 1.29 is 4.74 Å². The van der Waals surface area contributed by atoms with E-state index in [9.17, 15) is 0 Å². The standard InChI is InChI=1S/C13H21N5O/c1-4-5-14-11-9-18-7-6-15-13(18)12(17-11)16-8-10(2)19-3/h6-7,9-10,14H,4-5,8H2,1-3H3,(H,16,17). The van der Waals surface area contributed by atoms with E-state index >= 15 is 0 Å². The van der Waals surface area contributed by atoms with Crippen LogP contribution >= 0.6 is 0 Å². The topological polar surface area (TPSA) is 63.5 Å². The van der Waals surface area contributed by atoms with Gasteiger partial charge in [0.05, 0.1) is 12.3 Å². The van der Waals surface area contributed by atoms with Crippen LogP contribution in [-0.4, -0.2) is 40.7 Å². The fourth-order valence-electron chi connectivity index (χ4n) is 1.71. The molecule has 6 heteroatoms. The van der Waals surface area contributed by atoms with Crippen LogP contribution in [0.3, 0.4) is 0 Å². The summed E-state index contributed by atoms with van der Waals surface area (Å²) in [6.07, 6.45) is 6.82. The molecular formula is C13H21N5O. The molecule has 2 heterocycles. The summed E-state index contributed by atoms with van der Waals surface area (Å²) >= 11 is 0. The third kappa shape index (κ3) is 3.35. The Morgan fingerprint density at radius 2 is 2.26 bits per heavy atom. The summed E-state index contributed by atoms with van der Waals surface area (Å²) in [5, 5.41) is 6.57. The zero-order valence-corrected chi connectivity index (χ0v) is 11.7. The SMILES string of the molecule is CCCNc1cn2ccnc2c(NCC(C)OC)n1. The van der Waals surface area contributed by atoms with Crippen molar-refractivity contribution in [3.8, 4) is 0 Å². The molecule has 2 aromatic rings. The van der Waals surface area contributed by atoms with E-state index in [0.717, 1.165) is 30.2 Å². The normalized spacial score (nSPS) is 12.6. The van der Waals surface area contributed by atoms with Gasteiger partial charge in [-0.25, -0.2) is 9.97 Å². The summed E-state index contributed by atoms with van der Waals surface area (Å²) < 4.78 is 7.19. The van der Waals surface area contributed by atoms with Crippen LogP contribution in [0.4, 0.5) is 11.6 Å². The summed E-state index contributed by atoms with van der Waals surface area (Å²) in [6, 6.07) is 0. The molecule has 2 rings (SSSR count). The van der Waals surface area contributed by atoms with Crippen molar-refractivity contribution in [3.63, 3.8) is 0 Å². The van der Waals surface area contributed by atoms with Crippen molar-refractivity contribution in [1.29, 1.82) is 0 Å². The zero-order chi connectivity index (χ0) is 13.7. The molecular weight excluding hydrogens is 242 g/mol. The van der Waals surface area contributed by atoms with Crippen molar-refractivity contribution in [2.24, 2.45) is 0 Å². The minimum absolute atomic E-state index is 0.129. The van der Waals surface area contributed by atoms with E-state index in [0.29, 0.717) is 6.54 Å². The van der Waals surface area contributed by atoms with Crippen molar-refractivity contribution in [2.45, 2.75) is 26.4 Å². The number of rotatable bonds is 7. The molecule has 6 nitrogen and oxygen atoms in total. The molecule has 0 aromatic carbocycles. The maximum Gasteiger partial charge on any atom is 0.180 e. The van der Waals surface area contributed by atoms with E-state index in [2.05, 4.69) is 27.5 Å². The molecule has 0 bridgehead atoms. The summed E-state index contributed by atoms with van der Waals surface area (Å²) in [7, 11) is 1.70. The third-order valence-corrected chi connectivity index (χ3v) is 2.89. The van der Waals surface area contributed by atoms with Crippen LogP contribution in [0, 0.1) is 0 Å². The highest BCUT2D eigenvalue weighted by molar-refractivity contribution is 5.65. The Balaban J connectivity index is 2.21. The van der Waals surface area contributed by atoms with Crippen LogP contribution in [0.25, 0.3) is 5.65 Å². The lowest BCUT2D eigenvalue weighted by atomic mass is 10.4. The van der Waals surface area contributed by atoms with Crippen molar-refractivity contribution in [2.75, 3.05) is 30.8 Å². The average molecular weight is 263 g/mol. The van der Waals surface area contributed by atoms with Gasteiger partial charge in [0.25, 0.3) is 0 Å². The second kappa shape index (κ2) is 6.38. The van der Waals surface area contributed by atoms with E-state index in [1.54, 1.807) is 13.3 Å². The maximum atomic E-state index is 5.23. The van der Waals surface area contributed by atoms with Gasteiger partial charge >= 0.3 is 0 Å². The molecule has 0 spiro atoms. The lowest BCUT2D eigenvalue weighted by Gasteiger charge is -2.13. The fourth-order valence-corrected chi connectivity index (χ4v) is 1.71. The van der Waals surface area contributed by atoms with Gasteiger partial charge in [-0.05, 0) is 13.3 Å². The Kier molecular flexibility index (Phi) is 4.57. The first-order chi connectivity index (χ1) is 9.24. The van der Waals surface area contributed by atoms with Crippen LogP contribution in [0.5, 0.6) is 0 Å². The van der Waals surface area contributed by atoms with Crippen LogP contribution in [-0.2, 0) is 4.74 Å². The lowest BCUT2D eigenvalue weighted by molar-refractivity contribution is 0.128. The number of fused-ring (bicyclic) bond motifs is 1. The molecule has 104 valence electrons. The van der Waals surface area contributed by atoms with Crippen molar-refractivity contribution >= 4 is 17.3 Å². The van der Waals surface area contributed by atoms with Crippen LogP contribution in [0.2, 0.25) is 0 Å². The Morgan fingerprint density at radius 3 is 3.00 bits per heavy atom. The molecule has 1 atom stereocenters. The third-order valence-electron chi connectivity index (χ3n) is 2.89. The predicted octanol–water partition coefficient (Wildman–Crippen LogP) is 2.00. The zero-order valence-electron chi connectivity index (χ0n) is 11.7. The first-order valence-corrected chi connectivity index (χ1v) is 6.58. The summed E-state index contributed by atoms with van der Waals surface area (Å²) in [5.41, 5.74) is 0.824. The second-order valence-electron chi connectivity index (χ2n) is 4.49. The fraction of sp³-hybridized carbons (Fsp3) is 0.538. The van der Waals surface area contributed by atoms with E-state index in [-0.39, 0.29) is 6.10 Å². The average Bonchev–Trinajstić information content (AvgIpc) is 2.90. The monoisotopic (exact) mass is 263 g/mol. The molecule has 0 saturated heterocycles. The highest BCUT2D eigenvalue weighted by Gasteiger charge is 2.08. The molecule has 0 radical (unpaired) electrons. The molecule has 1 unspecified atom stereocenters. The minimum atomic E-state index is 0.129. The molecule has 0 saturated carbocycles. The number of nitrogens with one attached hydrogen (secondary N) is 2. The number of aromatic nitrogens is 3. The van der Waals surface area contributed by atoms with E-state index < -0.39 is 0 Å². The molecule has 19 heavy (non-hydrogen) atoms. The number of hydrogen-bond acceptors (Lipinski definition) is 5. The van der Waals surface area contributed by atoms with Crippen molar-refractivity contribution in [1.82, 2.24) is 14.4 Å². The summed E-state index contributed by atoms with van der Waals surface area (Å²) in [5.74, 6) is 1.62. The van der Waals surface area contributed by atoms with Crippen LogP contribution in [0.15, 0.2) is 18.6 Å². The summed E-state index contributed by atoms with van der Waals surface area (Å²) in [4.78, 5) is 8.87. The van der Waals surface area contributed by atoms with Gasteiger partial charge in [0.15, 0.2) is 11.5 Å². The maximum absolute atomic E-state index is 5.23. The number of anilines is 2. The van der Waals surface area contributed by atoms with Gasteiger partial charge in [0, 0.05) is 32.6 Å². The predicted molar refractivity (Wildman–Crippen MR) is 76.7 cm³/mol. The van der Waals surface area contributed by atoms with Crippen molar-refractivity contribution in [3.05, 3.63) is 18.6 Å². The number of ether oxygens (including phenoxy) is 1. The molecule has 2 N–H and O–H groups in total. The van der Waals surface area contributed by atoms with E-state index in [1.807, 2.05) is 23.7 Å². The molecule has 0 fully saturated rings. The van der Waals surface area contributed by atoms with E-state index in [1.165, 1.54) is 0 Å².